The first-order chi connectivity index (χ1) is 10.1. The lowest BCUT2D eigenvalue weighted by Crippen LogP contribution is -2.54. The summed E-state index contributed by atoms with van der Waals surface area (Å²) in [5.74, 6) is 0.827. The number of carbonyl (C=O) groups excluding carboxylic acids is 1. The maximum absolute atomic E-state index is 12.6. The van der Waals surface area contributed by atoms with Crippen LogP contribution in [-0.4, -0.2) is 59.1 Å². The molecule has 1 aliphatic carbocycles. The molecule has 2 saturated heterocycles. The van der Waals surface area contributed by atoms with Gasteiger partial charge in [0.05, 0.1) is 12.0 Å². The van der Waals surface area contributed by atoms with Gasteiger partial charge in [-0.1, -0.05) is 19.3 Å². The quantitative estimate of drug-likeness (QED) is 0.847. The molecule has 0 aromatic heterocycles. The van der Waals surface area contributed by atoms with Crippen LogP contribution in [0, 0.1) is 5.92 Å². The number of piperidine rings is 2. The number of nitrogens with zero attached hydrogens (tertiary/aromatic N) is 2. The summed E-state index contributed by atoms with van der Waals surface area (Å²) in [6.07, 6.45) is 8.91. The molecule has 3 fully saturated rings. The molecule has 4 heteroatoms. The molecule has 1 N–H and O–H groups in total. The van der Waals surface area contributed by atoms with Gasteiger partial charge in [-0.05, 0) is 51.6 Å². The number of likely N-dealkylation sites (tertiary alicyclic amines) is 2. The van der Waals surface area contributed by atoms with Crippen molar-refractivity contribution in [3.63, 3.8) is 0 Å². The van der Waals surface area contributed by atoms with E-state index in [-0.39, 0.29) is 5.91 Å². The summed E-state index contributed by atoms with van der Waals surface area (Å²) in [6, 6.07) is 0.667. The minimum absolute atomic E-state index is 0.186. The minimum atomic E-state index is -0.713. The van der Waals surface area contributed by atoms with E-state index in [4.69, 9.17) is 0 Å². The monoisotopic (exact) mass is 294 g/mol. The topological polar surface area (TPSA) is 43.8 Å². The average molecular weight is 294 g/mol. The van der Waals surface area contributed by atoms with Gasteiger partial charge in [-0.2, -0.15) is 0 Å². The predicted molar refractivity (Wildman–Crippen MR) is 83.0 cm³/mol. The normalized spacial score (nSPS) is 33.5. The Morgan fingerprint density at radius 2 is 1.90 bits per heavy atom. The van der Waals surface area contributed by atoms with Crippen molar-refractivity contribution in [3.8, 4) is 0 Å². The molecule has 2 unspecified atom stereocenters. The predicted octanol–water partition coefficient (Wildman–Crippen LogP) is 2.01. The molecule has 3 rings (SSSR count). The Hall–Kier alpha value is -0.610. The van der Waals surface area contributed by atoms with Gasteiger partial charge < -0.3 is 14.9 Å². The second kappa shape index (κ2) is 6.25. The van der Waals surface area contributed by atoms with Gasteiger partial charge in [-0.25, -0.2) is 0 Å². The molecule has 0 aromatic rings. The van der Waals surface area contributed by atoms with Gasteiger partial charge in [-0.15, -0.1) is 0 Å². The molecule has 0 bridgehead atoms. The fourth-order valence-corrected chi connectivity index (χ4v) is 4.66. The molecule has 4 nitrogen and oxygen atoms in total. The van der Waals surface area contributed by atoms with Crippen molar-refractivity contribution in [2.45, 2.75) is 69.4 Å². The van der Waals surface area contributed by atoms with Crippen LogP contribution in [-0.2, 0) is 4.79 Å². The largest absolute Gasteiger partial charge is 0.389 e. The lowest BCUT2D eigenvalue weighted by molar-refractivity contribution is -0.141. The zero-order valence-electron chi connectivity index (χ0n) is 13.4. The van der Waals surface area contributed by atoms with Gasteiger partial charge in [0.2, 0.25) is 5.91 Å². The highest BCUT2D eigenvalue weighted by Crippen LogP contribution is 2.33. The third-order valence-corrected chi connectivity index (χ3v) is 5.96. The van der Waals surface area contributed by atoms with Gasteiger partial charge in [0.1, 0.15) is 0 Å². The Morgan fingerprint density at radius 1 is 1.14 bits per heavy atom. The molecule has 3 aliphatic rings. The molecule has 1 amide bonds. The van der Waals surface area contributed by atoms with E-state index in [1.807, 2.05) is 4.90 Å². The molecule has 120 valence electrons. The number of carbonyl (C=O) groups is 1. The smallest absolute Gasteiger partial charge is 0.225 e. The summed E-state index contributed by atoms with van der Waals surface area (Å²) in [6.45, 7) is 2.99. The summed E-state index contributed by atoms with van der Waals surface area (Å²) >= 11 is 0. The van der Waals surface area contributed by atoms with Gasteiger partial charge in [0, 0.05) is 19.1 Å². The Morgan fingerprint density at radius 3 is 2.67 bits per heavy atom. The van der Waals surface area contributed by atoms with Crippen molar-refractivity contribution >= 4 is 5.91 Å². The maximum Gasteiger partial charge on any atom is 0.225 e. The van der Waals surface area contributed by atoms with Gasteiger partial charge >= 0.3 is 0 Å². The van der Waals surface area contributed by atoms with Crippen molar-refractivity contribution in [3.05, 3.63) is 0 Å². The highest BCUT2D eigenvalue weighted by molar-refractivity contribution is 5.77. The first-order valence-electron chi connectivity index (χ1n) is 8.78. The highest BCUT2D eigenvalue weighted by atomic mass is 16.3. The SMILES string of the molecule is CN1CCCC2CN(C(=O)CC3(O)CCCCC3)CCC21. The van der Waals surface area contributed by atoms with Crippen molar-refractivity contribution in [2.75, 3.05) is 26.7 Å². The lowest BCUT2D eigenvalue weighted by Gasteiger charge is -2.46. The molecule has 0 radical (unpaired) electrons. The Kier molecular flexibility index (Phi) is 4.55. The zero-order valence-corrected chi connectivity index (χ0v) is 13.4. The van der Waals surface area contributed by atoms with Crippen LogP contribution in [0.25, 0.3) is 0 Å². The highest BCUT2D eigenvalue weighted by Gasteiger charge is 2.38. The van der Waals surface area contributed by atoms with Gasteiger partial charge in [-0.3, -0.25) is 4.79 Å². The second-order valence-corrected chi connectivity index (χ2v) is 7.54. The van der Waals surface area contributed by atoms with Crippen LogP contribution in [0.2, 0.25) is 0 Å². The van der Waals surface area contributed by atoms with E-state index in [0.29, 0.717) is 18.4 Å². The van der Waals surface area contributed by atoms with E-state index in [1.54, 1.807) is 0 Å². The number of aliphatic hydroxyl groups is 1. The number of rotatable bonds is 2. The number of amides is 1. The van der Waals surface area contributed by atoms with Crippen LogP contribution < -0.4 is 0 Å². The molecular formula is C17H30N2O2. The molecule has 0 spiro atoms. The van der Waals surface area contributed by atoms with Crippen LogP contribution in [0.15, 0.2) is 0 Å². The number of fused-ring (bicyclic) bond motifs is 1. The van der Waals surface area contributed by atoms with Crippen molar-refractivity contribution in [1.29, 1.82) is 0 Å². The van der Waals surface area contributed by atoms with Gasteiger partial charge in [0.15, 0.2) is 0 Å². The summed E-state index contributed by atoms with van der Waals surface area (Å²) in [5.41, 5.74) is -0.713. The summed E-state index contributed by atoms with van der Waals surface area (Å²) < 4.78 is 0. The van der Waals surface area contributed by atoms with Crippen molar-refractivity contribution < 1.29 is 9.90 Å². The van der Waals surface area contributed by atoms with Crippen molar-refractivity contribution in [1.82, 2.24) is 9.80 Å². The summed E-state index contributed by atoms with van der Waals surface area (Å²) in [5, 5.41) is 10.6. The van der Waals surface area contributed by atoms with E-state index in [1.165, 1.54) is 25.8 Å². The zero-order chi connectivity index (χ0) is 14.9. The molecule has 1 saturated carbocycles. The van der Waals surface area contributed by atoms with Crippen LogP contribution >= 0.6 is 0 Å². The third-order valence-electron chi connectivity index (χ3n) is 5.96. The standard InChI is InChI=1S/C17H30N2O2/c1-18-10-5-6-14-13-19(11-7-15(14)18)16(20)12-17(21)8-3-2-4-9-17/h14-15,21H,2-13H2,1H3. The first-order valence-corrected chi connectivity index (χ1v) is 8.78. The van der Waals surface area contributed by atoms with E-state index in [0.717, 1.165) is 45.2 Å². The first kappa shape index (κ1) is 15.3. The maximum atomic E-state index is 12.6. The molecule has 2 heterocycles. The second-order valence-electron chi connectivity index (χ2n) is 7.54. The summed E-state index contributed by atoms with van der Waals surface area (Å²) in [4.78, 5) is 17.1. The van der Waals surface area contributed by atoms with Crippen LogP contribution in [0.4, 0.5) is 0 Å². The third kappa shape index (κ3) is 3.42. The minimum Gasteiger partial charge on any atom is -0.389 e. The van der Waals surface area contributed by atoms with Crippen LogP contribution in [0.5, 0.6) is 0 Å². The number of hydrogen-bond donors (Lipinski definition) is 1. The molecule has 0 aromatic carbocycles. The van der Waals surface area contributed by atoms with Crippen LogP contribution in [0.1, 0.15) is 57.8 Å². The Labute approximate surface area is 128 Å². The average Bonchev–Trinajstić information content (AvgIpc) is 2.47. The Balaban J connectivity index is 1.56. The number of hydrogen-bond acceptors (Lipinski definition) is 3. The molecular weight excluding hydrogens is 264 g/mol. The van der Waals surface area contributed by atoms with Crippen molar-refractivity contribution in [2.24, 2.45) is 5.92 Å². The molecule has 2 aliphatic heterocycles. The van der Waals surface area contributed by atoms with Gasteiger partial charge in [0.25, 0.3) is 0 Å². The van der Waals surface area contributed by atoms with E-state index < -0.39 is 5.60 Å². The van der Waals surface area contributed by atoms with Crippen LogP contribution in [0.3, 0.4) is 0 Å². The fraction of sp³-hybridized carbons (Fsp3) is 0.941. The summed E-state index contributed by atoms with van der Waals surface area (Å²) in [7, 11) is 2.22. The Bertz CT molecular complexity index is 379. The van der Waals surface area contributed by atoms with E-state index in [2.05, 4.69) is 11.9 Å². The molecule has 2 atom stereocenters. The van der Waals surface area contributed by atoms with E-state index >= 15 is 0 Å². The molecule has 21 heavy (non-hydrogen) atoms. The van der Waals surface area contributed by atoms with E-state index in [9.17, 15) is 9.90 Å². The lowest BCUT2D eigenvalue weighted by atomic mass is 9.81. The fourth-order valence-electron chi connectivity index (χ4n) is 4.66.